The van der Waals surface area contributed by atoms with E-state index in [-0.39, 0.29) is 6.42 Å². The molecule has 1 radical (unpaired) electrons. The standard InChI is InChI=1S/C4H3N2O2S/c7-4(8)1-3-2-9-6-5-3/h2H,1H2. The Morgan fingerprint density at radius 3 is 3.00 bits per heavy atom. The van der Waals surface area contributed by atoms with Crippen LogP contribution in [0.15, 0.2) is 5.38 Å². The number of nitrogens with zero attached hydrogens (tertiary/aromatic N) is 2. The molecule has 0 spiro atoms. The van der Waals surface area contributed by atoms with Gasteiger partial charge in [0.1, 0.15) is 0 Å². The van der Waals surface area contributed by atoms with Crippen LogP contribution in [0.5, 0.6) is 0 Å². The van der Waals surface area contributed by atoms with Crippen LogP contribution in [0.1, 0.15) is 5.69 Å². The van der Waals surface area contributed by atoms with Gasteiger partial charge >= 0.3 is 5.97 Å². The van der Waals surface area contributed by atoms with Crippen molar-refractivity contribution in [3.63, 3.8) is 0 Å². The van der Waals surface area contributed by atoms with Gasteiger partial charge in [-0.1, -0.05) is 4.49 Å². The average molecular weight is 143 g/mol. The lowest BCUT2D eigenvalue weighted by molar-refractivity contribution is -0.142. The van der Waals surface area contributed by atoms with E-state index in [0.717, 1.165) is 11.5 Å². The number of hydrogen-bond acceptors (Lipinski definition) is 4. The predicted molar refractivity (Wildman–Crippen MR) is 29.3 cm³/mol. The van der Waals surface area contributed by atoms with Crippen LogP contribution in [-0.4, -0.2) is 15.6 Å². The van der Waals surface area contributed by atoms with Gasteiger partial charge in [-0.3, -0.25) is 0 Å². The Morgan fingerprint density at radius 1 is 1.78 bits per heavy atom. The number of carbonyl (C=O) groups is 1. The molecule has 1 aromatic rings. The molecular weight excluding hydrogens is 140 g/mol. The van der Waals surface area contributed by atoms with Gasteiger partial charge in [0.25, 0.3) is 0 Å². The van der Waals surface area contributed by atoms with Crippen molar-refractivity contribution in [3.05, 3.63) is 11.1 Å². The molecule has 0 atom stereocenters. The van der Waals surface area contributed by atoms with Gasteiger partial charge < -0.3 is 0 Å². The molecule has 0 N–H and O–H groups in total. The van der Waals surface area contributed by atoms with Crippen LogP contribution >= 0.6 is 11.5 Å². The van der Waals surface area contributed by atoms with Crippen molar-refractivity contribution < 1.29 is 9.90 Å². The molecule has 1 rings (SSSR count). The molecule has 0 saturated heterocycles. The van der Waals surface area contributed by atoms with E-state index in [1.165, 1.54) is 0 Å². The molecule has 47 valence electrons. The minimum atomic E-state index is -1.12. The van der Waals surface area contributed by atoms with E-state index < -0.39 is 5.97 Å². The van der Waals surface area contributed by atoms with Crippen LogP contribution in [0.4, 0.5) is 0 Å². The highest BCUT2D eigenvalue weighted by Gasteiger charge is 2.03. The molecule has 4 nitrogen and oxygen atoms in total. The topological polar surface area (TPSA) is 62.8 Å². The first kappa shape index (κ1) is 6.15. The van der Waals surface area contributed by atoms with E-state index >= 15 is 0 Å². The van der Waals surface area contributed by atoms with Gasteiger partial charge in [0, 0.05) is 5.38 Å². The largest absolute Gasteiger partial charge is 0.361 e. The lowest BCUT2D eigenvalue weighted by atomic mass is 10.4. The Morgan fingerprint density at radius 2 is 2.56 bits per heavy atom. The van der Waals surface area contributed by atoms with E-state index in [9.17, 15) is 9.90 Å². The van der Waals surface area contributed by atoms with Crippen LogP contribution in [0, 0.1) is 0 Å². The molecule has 9 heavy (non-hydrogen) atoms. The molecule has 0 fully saturated rings. The van der Waals surface area contributed by atoms with Gasteiger partial charge in [-0.2, -0.15) is 0 Å². The van der Waals surface area contributed by atoms with Crippen molar-refractivity contribution in [1.29, 1.82) is 0 Å². The average Bonchev–Trinajstić information content (AvgIpc) is 2.15. The third-order valence-corrected chi connectivity index (χ3v) is 1.28. The number of hydrogen-bond donors (Lipinski definition) is 0. The first-order valence-electron chi connectivity index (χ1n) is 2.25. The van der Waals surface area contributed by atoms with Crippen molar-refractivity contribution >= 4 is 17.5 Å². The minimum Gasteiger partial charge on any atom is -0.247 e. The Bertz CT molecular complexity index is 196. The second kappa shape index (κ2) is 2.54. The van der Waals surface area contributed by atoms with Crippen LogP contribution in [-0.2, 0) is 16.3 Å². The number of rotatable bonds is 2. The zero-order chi connectivity index (χ0) is 6.69. The van der Waals surface area contributed by atoms with Gasteiger partial charge in [0.2, 0.25) is 0 Å². The zero-order valence-corrected chi connectivity index (χ0v) is 5.22. The fraction of sp³-hybridized carbons (Fsp3) is 0.250. The smallest absolute Gasteiger partial charge is 0.247 e. The summed E-state index contributed by atoms with van der Waals surface area (Å²) in [6, 6.07) is 0. The summed E-state index contributed by atoms with van der Waals surface area (Å²) in [5.41, 5.74) is 0.458. The highest BCUT2D eigenvalue weighted by atomic mass is 32.1. The third-order valence-electron chi connectivity index (χ3n) is 0.731. The second-order valence-corrected chi connectivity index (χ2v) is 2.05. The van der Waals surface area contributed by atoms with E-state index in [4.69, 9.17) is 0 Å². The summed E-state index contributed by atoms with van der Waals surface area (Å²) in [6.07, 6.45) is -0.142. The highest BCUT2D eigenvalue weighted by molar-refractivity contribution is 7.03. The molecular formula is C4H3N2O2S. The summed E-state index contributed by atoms with van der Waals surface area (Å²) in [5, 5.41) is 15.0. The highest BCUT2D eigenvalue weighted by Crippen LogP contribution is 1.96. The van der Waals surface area contributed by atoms with Crippen LogP contribution < -0.4 is 0 Å². The maximum atomic E-state index is 9.89. The Labute approximate surface area is 55.3 Å². The maximum absolute atomic E-state index is 9.89. The molecule has 0 amide bonds. The molecule has 0 aliphatic rings. The summed E-state index contributed by atoms with van der Waals surface area (Å²) < 4.78 is 3.48. The maximum Gasteiger partial charge on any atom is 0.361 e. The number of aromatic nitrogens is 2. The van der Waals surface area contributed by atoms with Gasteiger partial charge in [-0.05, 0) is 11.5 Å². The first-order chi connectivity index (χ1) is 4.29. The minimum absolute atomic E-state index is 0.142. The third kappa shape index (κ3) is 1.77. The summed E-state index contributed by atoms with van der Waals surface area (Å²) in [7, 11) is 0. The molecule has 0 unspecified atom stereocenters. The summed E-state index contributed by atoms with van der Waals surface area (Å²) in [6.45, 7) is 0. The van der Waals surface area contributed by atoms with E-state index in [2.05, 4.69) is 9.59 Å². The second-order valence-electron chi connectivity index (χ2n) is 1.45. The van der Waals surface area contributed by atoms with Gasteiger partial charge in [-0.15, -0.1) is 5.10 Å². The van der Waals surface area contributed by atoms with Gasteiger partial charge in [0.05, 0.1) is 12.1 Å². The van der Waals surface area contributed by atoms with Crippen molar-refractivity contribution in [2.24, 2.45) is 0 Å². The zero-order valence-electron chi connectivity index (χ0n) is 4.40. The van der Waals surface area contributed by atoms with E-state index in [0.29, 0.717) is 5.69 Å². The van der Waals surface area contributed by atoms with Crippen LogP contribution in [0.2, 0.25) is 0 Å². The Balaban J connectivity index is 2.58. The SMILES string of the molecule is [O]C(=O)Cc1csnn1. The molecule has 0 aromatic carbocycles. The molecule has 1 heterocycles. The quantitative estimate of drug-likeness (QED) is 0.587. The summed E-state index contributed by atoms with van der Waals surface area (Å²) in [5.74, 6) is -1.12. The van der Waals surface area contributed by atoms with Crippen molar-refractivity contribution in [2.45, 2.75) is 6.42 Å². The first-order valence-corrected chi connectivity index (χ1v) is 3.08. The van der Waals surface area contributed by atoms with Crippen LogP contribution in [0.25, 0.3) is 0 Å². The summed E-state index contributed by atoms with van der Waals surface area (Å²) in [4.78, 5) is 9.89. The fourth-order valence-electron chi connectivity index (χ4n) is 0.409. The summed E-state index contributed by atoms with van der Waals surface area (Å²) >= 11 is 1.13. The van der Waals surface area contributed by atoms with E-state index in [1.807, 2.05) is 0 Å². The predicted octanol–water partition coefficient (Wildman–Crippen LogP) is 0.0377. The van der Waals surface area contributed by atoms with Crippen molar-refractivity contribution in [3.8, 4) is 0 Å². The molecule has 5 heteroatoms. The molecule has 0 bridgehead atoms. The molecule has 0 saturated carbocycles. The van der Waals surface area contributed by atoms with E-state index in [1.54, 1.807) is 5.38 Å². The number of carbonyl (C=O) groups excluding carboxylic acids is 1. The molecule has 0 aliphatic heterocycles. The van der Waals surface area contributed by atoms with Crippen molar-refractivity contribution in [1.82, 2.24) is 9.59 Å². The lowest BCUT2D eigenvalue weighted by Gasteiger charge is -1.79. The monoisotopic (exact) mass is 143 g/mol. The van der Waals surface area contributed by atoms with Gasteiger partial charge in [-0.25, -0.2) is 9.90 Å². The fourth-order valence-corrected chi connectivity index (χ4v) is 0.860. The molecule has 0 aliphatic carbocycles. The Hall–Kier alpha value is -0.970. The lowest BCUT2D eigenvalue weighted by Crippen LogP contribution is -1.97. The normalized spacial score (nSPS) is 9.33. The van der Waals surface area contributed by atoms with Gasteiger partial charge in [0.15, 0.2) is 0 Å². The van der Waals surface area contributed by atoms with Crippen LogP contribution in [0.3, 0.4) is 0 Å². The Kier molecular flexibility index (Phi) is 1.74. The molecule has 1 aromatic heterocycles. The van der Waals surface area contributed by atoms with Crippen molar-refractivity contribution in [2.75, 3.05) is 0 Å².